The molecule has 2 amide bonds. The quantitative estimate of drug-likeness (QED) is 0.533. The zero-order valence-corrected chi connectivity index (χ0v) is 6.42. The molecular formula is C6H11N2O2. The highest BCUT2D eigenvalue weighted by molar-refractivity contribution is 5.76. The van der Waals surface area contributed by atoms with Gasteiger partial charge in [0, 0.05) is 21.1 Å². The van der Waals surface area contributed by atoms with Gasteiger partial charge in [0.1, 0.15) is 0 Å². The molecule has 0 aromatic rings. The minimum Gasteiger partial charge on any atom is -0.331 e. The smallest absolute Gasteiger partial charge is 0.319 e. The summed E-state index contributed by atoms with van der Waals surface area (Å²) in [6.45, 7) is 0.0248. The van der Waals surface area contributed by atoms with E-state index >= 15 is 0 Å². The lowest BCUT2D eigenvalue weighted by atomic mass is 10.6. The normalized spacial score (nSPS) is 8.70. The Morgan fingerprint density at radius 2 is 1.90 bits per heavy atom. The van der Waals surface area contributed by atoms with Gasteiger partial charge in [-0.2, -0.15) is 0 Å². The van der Waals surface area contributed by atoms with Crippen LogP contribution in [-0.4, -0.2) is 49.8 Å². The number of likely N-dealkylation sites (N-methyl/N-ethyl adjacent to an activating group) is 1. The number of rotatable bonds is 2. The van der Waals surface area contributed by atoms with Crippen molar-refractivity contribution in [3.63, 3.8) is 0 Å². The van der Waals surface area contributed by atoms with Gasteiger partial charge in [-0.05, 0) is 0 Å². The molecule has 0 bridgehead atoms. The van der Waals surface area contributed by atoms with Crippen LogP contribution < -0.4 is 0 Å². The molecule has 0 aromatic carbocycles. The fourth-order valence-electron chi connectivity index (χ4n) is 0.506. The van der Waals surface area contributed by atoms with Gasteiger partial charge in [-0.3, -0.25) is 4.79 Å². The highest BCUT2D eigenvalue weighted by Crippen LogP contribution is 1.87. The van der Waals surface area contributed by atoms with E-state index in [0.717, 1.165) is 0 Å². The van der Waals surface area contributed by atoms with Crippen LogP contribution in [0.3, 0.4) is 0 Å². The van der Waals surface area contributed by atoms with Crippen molar-refractivity contribution >= 4 is 12.3 Å². The predicted octanol–water partition coefficient (Wildman–Crippen LogP) is -0.290. The lowest BCUT2D eigenvalue weighted by molar-refractivity contribution is 0.187. The first-order valence-corrected chi connectivity index (χ1v) is 2.87. The second kappa shape index (κ2) is 3.87. The van der Waals surface area contributed by atoms with Crippen molar-refractivity contribution in [3.05, 3.63) is 0 Å². The van der Waals surface area contributed by atoms with E-state index in [-0.39, 0.29) is 12.6 Å². The van der Waals surface area contributed by atoms with E-state index in [2.05, 4.69) is 0 Å². The van der Waals surface area contributed by atoms with Crippen LogP contribution in [0.25, 0.3) is 0 Å². The topological polar surface area (TPSA) is 40.6 Å². The van der Waals surface area contributed by atoms with Crippen LogP contribution in [0.5, 0.6) is 0 Å². The molecule has 1 radical (unpaired) electrons. The maximum atomic E-state index is 10.9. The minimum absolute atomic E-state index is 0.0248. The molecule has 0 aromatic heterocycles. The first kappa shape index (κ1) is 8.94. The van der Waals surface area contributed by atoms with E-state index < -0.39 is 0 Å². The molecule has 4 heteroatoms. The van der Waals surface area contributed by atoms with E-state index in [4.69, 9.17) is 0 Å². The van der Waals surface area contributed by atoms with E-state index in [0.29, 0.717) is 0 Å². The van der Waals surface area contributed by atoms with Crippen molar-refractivity contribution < 1.29 is 9.59 Å². The molecule has 0 rings (SSSR count). The van der Waals surface area contributed by atoms with Gasteiger partial charge in [-0.15, -0.1) is 0 Å². The van der Waals surface area contributed by atoms with E-state index in [1.54, 1.807) is 27.4 Å². The highest BCUT2D eigenvalue weighted by Gasteiger charge is 2.08. The number of hydrogen-bond donors (Lipinski definition) is 0. The molecule has 57 valence electrons. The first-order valence-electron chi connectivity index (χ1n) is 2.87. The van der Waals surface area contributed by atoms with Crippen LogP contribution >= 0.6 is 0 Å². The lowest BCUT2D eigenvalue weighted by Gasteiger charge is -2.18. The number of amides is 2. The standard InChI is InChI=1S/C6H11N2O2/c1-7(2)6(10)8(3)4-5-9/h4H2,1-3H3. The monoisotopic (exact) mass is 143 g/mol. The summed E-state index contributed by atoms with van der Waals surface area (Å²) in [5.74, 6) is 0. The molecule has 0 N–H and O–H groups in total. The summed E-state index contributed by atoms with van der Waals surface area (Å²) in [7, 11) is 4.81. The number of nitrogens with zero attached hydrogens (tertiary/aromatic N) is 2. The van der Waals surface area contributed by atoms with Gasteiger partial charge in [-0.25, -0.2) is 4.79 Å². The summed E-state index contributed by atoms with van der Waals surface area (Å²) in [5, 5.41) is 0. The van der Waals surface area contributed by atoms with Gasteiger partial charge in [0.25, 0.3) is 0 Å². The van der Waals surface area contributed by atoms with Gasteiger partial charge in [0.2, 0.25) is 6.29 Å². The summed E-state index contributed by atoms with van der Waals surface area (Å²) in [6.07, 6.45) is 1.63. The Morgan fingerprint density at radius 1 is 1.40 bits per heavy atom. The Bertz CT molecular complexity index is 134. The van der Waals surface area contributed by atoms with E-state index in [1.807, 2.05) is 0 Å². The van der Waals surface area contributed by atoms with Gasteiger partial charge in [-0.1, -0.05) is 0 Å². The molecule has 0 aliphatic heterocycles. The van der Waals surface area contributed by atoms with Crippen molar-refractivity contribution in [1.82, 2.24) is 9.80 Å². The summed E-state index contributed by atoms with van der Waals surface area (Å²) in [5.41, 5.74) is 0. The molecule has 0 unspecified atom stereocenters. The summed E-state index contributed by atoms with van der Waals surface area (Å²) >= 11 is 0. The Hall–Kier alpha value is -1.06. The zero-order valence-electron chi connectivity index (χ0n) is 6.42. The van der Waals surface area contributed by atoms with Crippen molar-refractivity contribution in [2.24, 2.45) is 0 Å². The van der Waals surface area contributed by atoms with Crippen LogP contribution in [0.4, 0.5) is 4.79 Å². The minimum atomic E-state index is -0.191. The number of carbonyl (C=O) groups excluding carboxylic acids is 2. The Labute approximate surface area is 60.4 Å². The first-order chi connectivity index (χ1) is 4.59. The number of hydrogen-bond acceptors (Lipinski definition) is 2. The maximum Gasteiger partial charge on any atom is 0.319 e. The molecular weight excluding hydrogens is 132 g/mol. The van der Waals surface area contributed by atoms with Crippen molar-refractivity contribution in [3.8, 4) is 0 Å². The molecule has 0 aliphatic carbocycles. The number of urea groups is 1. The summed E-state index contributed by atoms with van der Waals surface area (Å²) in [4.78, 5) is 23.4. The van der Waals surface area contributed by atoms with Crippen molar-refractivity contribution in [1.29, 1.82) is 0 Å². The molecule has 0 atom stereocenters. The van der Waals surface area contributed by atoms with Gasteiger partial charge in [0.15, 0.2) is 0 Å². The highest BCUT2D eigenvalue weighted by atomic mass is 16.2. The molecule has 0 saturated carbocycles. The Kier molecular flexibility index (Phi) is 3.46. The third kappa shape index (κ3) is 2.48. The molecule has 4 nitrogen and oxygen atoms in total. The summed E-state index contributed by atoms with van der Waals surface area (Å²) in [6, 6.07) is -0.191. The fraction of sp³-hybridized carbons (Fsp3) is 0.667. The molecule has 0 spiro atoms. The average molecular weight is 143 g/mol. The molecule has 0 aliphatic rings. The van der Waals surface area contributed by atoms with Crippen LogP contribution in [0.2, 0.25) is 0 Å². The second-order valence-electron chi connectivity index (χ2n) is 2.18. The SMILES string of the molecule is CN(C)C(=O)N(C)C[C]=O. The van der Waals surface area contributed by atoms with Gasteiger partial charge < -0.3 is 9.80 Å². The second-order valence-corrected chi connectivity index (χ2v) is 2.18. The Balaban J connectivity index is 3.81. The molecule has 0 fully saturated rings. The van der Waals surface area contributed by atoms with E-state index in [1.165, 1.54) is 9.80 Å². The van der Waals surface area contributed by atoms with Crippen LogP contribution in [-0.2, 0) is 4.79 Å². The van der Waals surface area contributed by atoms with Gasteiger partial charge >= 0.3 is 6.03 Å². The van der Waals surface area contributed by atoms with Crippen LogP contribution in [0.15, 0.2) is 0 Å². The van der Waals surface area contributed by atoms with Crippen LogP contribution in [0.1, 0.15) is 0 Å². The molecule has 0 saturated heterocycles. The predicted molar refractivity (Wildman–Crippen MR) is 37.4 cm³/mol. The third-order valence-corrected chi connectivity index (χ3v) is 1.01. The third-order valence-electron chi connectivity index (χ3n) is 1.01. The maximum absolute atomic E-state index is 10.9. The van der Waals surface area contributed by atoms with Crippen LogP contribution in [0, 0.1) is 0 Å². The zero-order chi connectivity index (χ0) is 8.15. The Morgan fingerprint density at radius 3 is 2.20 bits per heavy atom. The van der Waals surface area contributed by atoms with Crippen molar-refractivity contribution in [2.75, 3.05) is 27.7 Å². The molecule has 10 heavy (non-hydrogen) atoms. The lowest BCUT2D eigenvalue weighted by Crippen LogP contribution is -2.37. The fourth-order valence-corrected chi connectivity index (χ4v) is 0.506. The van der Waals surface area contributed by atoms with Crippen molar-refractivity contribution in [2.45, 2.75) is 0 Å². The van der Waals surface area contributed by atoms with E-state index in [9.17, 15) is 9.59 Å². The van der Waals surface area contributed by atoms with Gasteiger partial charge in [0.05, 0.1) is 6.54 Å². The summed E-state index contributed by atoms with van der Waals surface area (Å²) < 4.78 is 0. The number of carbonyl (C=O) groups is 1. The largest absolute Gasteiger partial charge is 0.331 e. The average Bonchev–Trinajstić information content (AvgIpc) is 1.87. The molecule has 0 heterocycles.